The van der Waals surface area contributed by atoms with Crippen LogP contribution in [0.4, 0.5) is 0 Å². The zero-order valence-electron chi connectivity index (χ0n) is 7.38. The summed E-state index contributed by atoms with van der Waals surface area (Å²) in [5.74, 6) is 0.135. The summed E-state index contributed by atoms with van der Waals surface area (Å²) >= 11 is 3.40. The van der Waals surface area contributed by atoms with E-state index in [0.717, 1.165) is 23.0 Å². The molecule has 68 valence electrons. The molecule has 0 saturated heterocycles. The summed E-state index contributed by atoms with van der Waals surface area (Å²) in [6.45, 7) is 0.745. The van der Waals surface area contributed by atoms with Crippen LogP contribution in [0.5, 0.6) is 0 Å². The van der Waals surface area contributed by atoms with E-state index in [1.165, 1.54) is 5.56 Å². The minimum atomic E-state index is 0.135. The van der Waals surface area contributed by atoms with Gasteiger partial charge in [-0.15, -0.1) is 0 Å². The van der Waals surface area contributed by atoms with Crippen molar-refractivity contribution in [2.75, 3.05) is 7.05 Å². The summed E-state index contributed by atoms with van der Waals surface area (Å²) in [7, 11) is 1.83. The van der Waals surface area contributed by atoms with Gasteiger partial charge in [-0.3, -0.25) is 4.79 Å². The van der Waals surface area contributed by atoms with Crippen LogP contribution < -0.4 is 0 Å². The first kappa shape index (κ1) is 8.75. The third-order valence-electron chi connectivity index (χ3n) is 2.31. The Kier molecular flexibility index (Phi) is 2.12. The molecule has 0 atom stereocenters. The smallest absolute Gasteiger partial charge is 0.254 e. The first-order valence-electron chi connectivity index (χ1n) is 4.15. The molecule has 2 nitrogen and oxygen atoms in total. The minimum Gasteiger partial charge on any atom is -0.337 e. The van der Waals surface area contributed by atoms with Gasteiger partial charge < -0.3 is 4.90 Å². The molecule has 0 bridgehead atoms. The molecule has 0 N–H and O–H groups in total. The second-order valence-electron chi connectivity index (χ2n) is 3.29. The lowest BCUT2D eigenvalue weighted by molar-refractivity contribution is 0.0816. The lowest BCUT2D eigenvalue weighted by Crippen LogP contribution is -2.17. The molecule has 0 spiro atoms. The quantitative estimate of drug-likeness (QED) is 0.689. The maximum absolute atomic E-state index is 11.5. The van der Waals surface area contributed by atoms with Crippen molar-refractivity contribution >= 4 is 21.8 Å². The number of hydrogen-bond acceptors (Lipinski definition) is 1. The van der Waals surface area contributed by atoms with Crippen molar-refractivity contribution in [2.24, 2.45) is 0 Å². The number of fused-ring (bicyclic) bond motifs is 1. The van der Waals surface area contributed by atoms with Crippen molar-refractivity contribution in [2.45, 2.75) is 11.9 Å². The Morgan fingerprint density at radius 1 is 1.54 bits per heavy atom. The van der Waals surface area contributed by atoms with E-state index in [-0.39, 0.29) is 5.91 Å². The van der Waals surface area contributed by atoms with Crippen molar-refractivity contribution in [1.29, 1.82) is 0 Å². The van der Waals surface area contributed by atoms with Crippen LogP contribution in [0.25, 0.3) is 0 Å². The van der Waals surface area contributed by atoms with Gasteiger partial charge in [0.1, 0.15) is 0 Å². The first-order valence-corrected chi connectivity index (χ1v) is 5.28. The van der Waals surface area contributed by atoms with E-state index < -0.39 is 0 Å². The highest BCUT2D eigenvalue weighted by Gasteiger charge is 2.23. The molecule has 0 aliphatic carbocycles. The van der Waals surface area contributed by atoms with E-state index >= 15 is 0 Å². The number of benzene rings is 1. The normalized spacial score (nSPS) is 14.9. The van der Waals surface area contributed by atoms with Crippen LogP contribution in [0.1, 0.15) is 21.5 Å². The Balaban J connectivity index is 2.46. The monoisotopic (exact) mass is 239 g/mol. The molecule has 0 unspecified atom stereocenters. The molecule has 0 aromatic heterocycles. The fourth-order valence-electron chi connectivity index (χ4n) is 1.60. The van der Waals surface area contributed by atoms with Crippen LogP contribution in [0.2, 0.25) is 0 Å². The molecule has 2 rings (SSSR count). The second kappa shape index (κ2) is 3.14. The molecule has 1 aliphatic rings. The number of amides is 1. The molecule has 1 heterocycles. The van der Waals surface area contributed by atoms with Crippen LogP contribution in [-0.2, 0) is 11.9 Å². The summed E-state index contributed by atoms with van der Waals surface area (Å²) in [6, 6.07) is 5.99. The number of carbonyl (C=O) groups is 1. The van der Waals surface area contributed by atoms with Crippen molar-refractivity contribution in [3.05, 3.63) is 34.9 Å². The summed E-state index contributed by atoms with van der Waals surface area (Å²) in [5.41, 5.74) is 3.22. The highest BCUT2D eigenvalue weighted by molar-refractivity contribution is 9.08. The Labute approximate surface area is 85.7 Å². The van der Waals surface area contributed by atoms with Gasteiger partial charge in [-0.2, -0.15) is 0 Å². The molecular formula is C10H10BrNO. The number of carbonyl (C=O) groups excluding carboxylic acids is 1. The summed E-state index contributed by atoms with van der Waals surface area (Å²) in [6.07, 6.45) is 0. The van der Waals surface area contributed by atoms with E-state index in [1.54, 1.807) is 4.90 Å². The van der Waals surface area contributed by atoms with Crippen molar-refractivity contribution in [3.8, 4) is 0 Å². The standard InChI is InChI=1S/C10H10BrNO/c1-12-6-8-4-7(5-11)2-3-9(8)10(12)13/h2-4H,5-6H2,1H3. The molecule has 0 saturated carbocycles. The number of nitrogens with zero attached hydrogens (tertiary/aromatic N) is 1. The van der Waals surface area contributed by atoms with Gasteiger partial charge in [0, 0.05) is 24.5 Å². The van der Waals surface area contributed by atoms with Gasteiger partial charge >= 0.3 is 0 Å². The molecule has 0 radical (unpaired) electrons. The fraction of sp³-hybridized carbons (Fsp3) is 0.300. The lowest BCUT2D eigenvalue weighted by Gasteiger charge is -2.04. The lowest BCUT2D eigenvalue weighted by atomic mass is 10.1. The van der Waals surface area contributed by atoms with Crippen LogP contribution in [0, 0.1) is 0 Å². The summed E-state index contributed by atoms with van der Waals surface area (Å²) < 4.78 is 0. The third-order valence-corrected chi connectivity index (χ3v) is 2.96. The van der Waals surface area contributed by atoms with E-state index in [0.29, 0.717) is 0 Å². The van der Waals surface area contributed by atoms with Gasteiger partial charge in [0.25, 0.3) is 5.91 Å². The van der Waals surface area contributed by atoms with E-state index in [4.69, 9.17) is 0 Å². The van der Waals surface area contributed by atoms with E-state index in [9.17, 15) is 4.79 Å². The van der Waals surface area contributed by atoms with Crippen LogP contribution in [0.3, 0.4) is 0 Å². The zero-order chi connectivity index (χ0) is 9.42. The highest BCUT2D eigenvalue weighted by Crippen LogP contribution is 2.23. The average Bonchev–Trinajstić information content (AvgIpc) is 2.42. The summed E-state index contributed by atoms with van der Waals surface area (Å²) in [5, 5.41) is 0.845. The molecule has 1 aromatic rings. The average molecular weight is 240 g/mol. The van der Waals surface area contributed by atoms with Crippen LogP contribution in [-0.4, -0.2) is 17.9 Å². The molecular weight excluding hydrogens is 230 g/mol. The van der Waals surface area contributed by atoms with Crippen molar-refractivity contribution < 1.29 is 4.79 Å². The van der Waals surface area contributed by atoms with Gasteiger partial charge in [-0.1, -0.05) is 28.1 Å². The van der Waals surface area contributed by atoms with Gasteiger partial charge in [-0.25, -0.2) is 0 Å². The van der Waals surface area contributed by atoms with Crippen LogP contribution in [0.15, 0.2) is 18.2 Å². The maximum atomic E-state index is 11.5. The predicted octanol–water partition coefficient (Wildman–Crippen LogP) is 2.17. The third kappa shape index (κ3) is 1.37. The molecule has 1 aromatic carbocycles. The predicted molar refractivity (Wildman–Crippen MR) is 54.9 cm³/mol. The number of rotatable bonds is 1. The van der Waals surface area contributed by atoms with Crippen molar-refractivity contribution in [1.82, 2.24) is 4.90 Å². The number of halogens is 1. The summed E-state index contributed by atoms with van der Waals surface area (Å²) in [4.78, 5) is 13.2. The van der Waals surface area contributed by atoms with Gasteiger partial charge in [0.2, 0.25) is 0 Å². The Morgan fingerprint density at radius 3 is 3.00 bits per heavy atom. The minimum absolute atomic E-state index is 0.135. The Morgan fingerprint density at radius 2 is 2.31 bits per heavy atom. The molecule has 1 aliphatic heterocycles. The topological polar surface area (TPSA) is 20.3 Å². The zero-order valence-corrected chi connectivity index (χ0v) is 8.97. The molecule has 1 amide bonds. The van der Waals surface area contributed by atoms with Gasteiger partial charge in [0.05, 0.1) is 0 Å². The molecule has 3 heteroatoms. The number of alkyl halides is 1. The molecule has 13 heavy (non-hydrogen) atoms. The largest absolute Gasteiger partial charge is 0.337 e. The van der Waals surface area contributed by atoms with E-state index in [2.05, 4.69) is 22.0 Å². The number of hydrogen-bond donors (Lipinski definition) is 0. The Hall–Kier alpha value is -0.830. The fourth-order valence-corrected chi connectivity index (χ4v) is 1.95. The highest BCUT2D eigenvalue weighted by atomic mass is 79.9. The molecule has 0 fully saturated rings. The second-order valence-corrected chi connectivity index (χ2v) is 3.85. The van der Waals surface area contributed by atoms with Crippen molar-refractivity contribution in [3.63, 3.8) is 0 Å². The maximum Gasteiger partial charge on any atom is 0.254 e. The van der Waals surface area contributed by atoms with Gasteiger partial charge in [0.15, 0.2) is 0 Å². The Bertz CT molecular complexity index is 362. The van der Waals surface area contributed by atoms with Gasteiger partial charge in [-0.05, 0) is 17.2 Å². The SMILES string of the molecule is CN1Cc2cc(CBr)ccc2C1=O. The first-order chi connectivity index (χ1) is 6.22. The van der Waals surface area contributed by atoms with Crippen LogP contribution >= 0.6 is 15.9 Å². The van der Waals surface area contributed by atoms with E-state index in [1.807, 2.05) is 19.2 Å².